The molecule has 2 aromatic rings. The predicted octanol–water partition coefficient (Wildman–Crippen LogP) is 5.11. The van der Waals surface area contributed by atoms with Gasteiger partial charge >= 0.3 is 5.97 Å². The third-order valence-electron chi connectivity index (χ3n) is 7.70. The van der Waals surface area contributed by atoms with Crippen LogP contribution in [0.1, 0.15) is 54.4 Å². The van der Waals surface area contributed by atoms with Gasteiger partial charge in [-0.3, -0.25) is 9.59 Å². The zero-order valence-corrected chi connectivity index (χ0v) is 21.2. The van der Waals surface area contributed by atoms with E-state index < -0.39 is 24.3 Å². The number of rotatable bonds is 8. The molecule has 4 saturated carbocycles. The fraction of sp³-hybridized carbons (Fsp3) is 0.464. The molecule has 4 aliphatic rings. The molecule has 0 aromatic heterocycles. The van der Waals surface area contributed by atoms with Gasteiger partial charge in [0, 0.05) is 16.1 Å². The monoisotopic (exact) mass is 510 g/mol. The fourth-order valence-corrected chi connectivity index (χ4v) is 7.42. The third-order valence-corrected chi connectivity index (χ3v) is 8.77. The summed E-state index contributed by atoms with van der Waals surface area (Å²) in [4.78, 5) is 38.4. The fourth-order valence-electron chi connectivity index (χ4n) is 6.58. The maximum atomic E-state index is 13.7. The summed E-state index contributed by atoms with van der Waals surface area (Å²) in [5, 5.41) is 5.88. The smallest absolute Gasteiger partial charge is 0.339 e. The van der Waals surface area contributed by atoms with Gasteiger partial charge in [-0.15, -0.1) is 11.8 Å². The van der Waals surface area contributed by atoms with Gasteiger partial charge in [0.15, 0.2) is 6.61 Å². The number of hydrogen-bond acceptors (Lipinski definition) is 5. The second-order valence-corrected chi connectivity index (χ2v) is 11.6. The van der Waals surface area contributed by atoms with Gasteiger partial charge in [-0.1, -0.05) is 18.2 Å². The number of anilines is 1. The maximum absolute atomic E-state index is 13.7. The molecule has 4 fully saturated rings. The highest BCUT2D eigenvalue weighted by molar-refractivity contribution is 8.00. The number of amides is 2. The van der Waals surface area contributed by atoms with Crippen LogP contribution in [0, 0.1) is 30.5 Å². The lowest BCUT2D eigenvalue weighted by molar-refractivity contribution is -0.124. The maximum Gasteiger partial charge on any atom is 0.339 e. The van der Waals surface area contributed by atoms with Crippen LogP contribution in [-0.2, 0) is 14.3 Å². The van der Waals surface area contributed by atoms with Crippen LogP contribution in [0.3, 0.4) is 0 Å². The van der Waals surface area contributed by atoms with E-state index in [2.05, 4.69) is 10.6 Å². The molecule has 2 N–H and O–H groups in total. The van der Waals surface area contributed by atoms with Gasteiger partial charge < -0.3 is 15.4 Å². The van der Waals surface area contributed by atoms with Crippen LogP contribution in [0.2, 0.25) is 0 Å². The number of aryl methyl sites for hydroxylation is 1. The van der Waals surface area contributed by atoms with Crippen molar-refractivity contribution in [2.75, 3.05) is 17.7 Å². The Morgan fingerprint density at radius 1 is 1.00 bits per heavy atom. The van der Waals surface area contributed by atoms with E-state index in [1.165, 1.54) is 37.1 Å². The zero-order valence-electron chi connectivity index (χ0n) is 20.3. The lowest BCUT2D eigenvalue weighted by atomic mass is 9.53. The Labute approximate surface area is 214 Å². The summed E-state index contributed by atoms with van der Waals surface area (Å²) < 4.78 is 18.9. The van der Waals surface area contributed by atoms with Crippen LogP contribution >= 0.6 is 11.8 Å². The highest BCUT2D eigenvalue weighted by Gasteiger charge is 2.51. The summed E-state index contributed by atoms with van der Waals surface area (Å²) in [5.41, 5.74) is 1.03. The molecule has 190 valence electrons. The number of halogens is 1. The molecule has 6 nitrogen and oxygen atoms in total. The van der Waals surface area contributed by atoms with Crippen LogP contribution in [0.5, 0.6) is 0 Å². The summed E-state index contributed by atoms with van der Waals surface area (Å²) in [6.07, 6.45) is 7.23. The van der Waals surface area contributed by atoms with Gasteiger partial charge in [-0.25, -0.2) is 9.18 Å². The first kappa shape index (κ1) is 24.8. The molecule has 0 spiro atoms. The van der Waals surface area contributed by atoms with Crippen molar-refractivity contribution in [1.29, 1.82) is 0 Å². The second kappa shape index (κ2) is 10.2. The Bertz CT molecular complexity index is 1150. The number of hydrogen-bond donors (Lipinski definition) is 2. The number of carbonyl (C=O) groups is 3. The number of carbonyl (C=O) groups excluding carboxylic acids is 3. The van der Waals surface area contributed by atoms with Crippen molar-refractivity contribution in [1.82, 2.24) is 5.32 Å². The highest BCUT2D eigenvalue weighted by atomic mass is 32.2. The van der Waals surface area contributed by atoms with E-state index in [-0.39, 0.29) is 17.2 Å². The molecule has 0 saturated heterocycles. The molecule has 2 amide bonds. The largest absolute Gasteiger partial charge is 0.452 e. The molecular weight excluding hydrogens is 479 g/mol. The Kier molecular flexibility index (Phi) is 7.06. The van der Waals surface area contributed by atoms with Crippen molar-refractivity contribution in [3.8, 4) is 0 Å². The molecule has 0 heterocycles. The third kappa shape index (κ3) is 5.59. The van der Waals surface area contributed by atoms with Gasteiger partial charge in [0.2, 0.25) is 5.91 Å². The molecule has 0 aliphatic heterocycles. The highest BCUT2D eigenvalue weighted by Crippen LogP contribution is 2.55. The SMILES string of the molecule is Cc1ccc(NC(=O)COC(=O)c2ccccc2SCC(=O)NC23CC4CC(CC(C4)C2)C3)cc1F. The first-order valence-electron chi connectivity index (χ1n) is 12.5. The topological polar surface area (TPSA) is 84.5 Å². The van der Waals surface area contributed by atoms with Crippen LogP contribution in [0.15, 0.2) is 47.4 Å². The molecule has 0 radical (unpaired) electrons. The van der Waals surface area contributed by atoms with Crippen molar-refractivity contribution in [3.63, 3.8) is 0 Å². The Balaban J connectivity index is 1.13. The van der Waals surface area contributed by atoms with Crippen LogP contribution in [-0.4, -0.2) is 35.7 Å². The van der Waals surface area contributed by atoms with Crippen molar-refractivity contribution < 1.29 is 23.5 Å². The molecule has 8 heteroatoms. The molecule has 6 rings (SSSR count). The summed E-state index contributed by atoms with van der Waals surface area (Å²) in [6, 6.07) is 11.3. The van der Waals surface area contributed by atoms with Crippen molar-refractivity contribution in [2.24, 2.45) is 17.8 Å². The van der Waals surface area contributed by atoms with E-state index in [9.17, 15) is 18.8 Å². The average Bonchev–Trinajstić information content (AvgIpc) is 2.82. The van der Waals surface area contributed by atoms with E-state index >= 15 is 0 Å². The Morgan fingerprint density at radius 3 is 2.33 bits per heavy atom. The van der Waals surface area contributed by atoms with Gasteiger partial charge in [0.1, 0.15) is 5.82 Å². The van der Waals surface area contributed by atoms with Crippen LogP contribution < -0.4 is 10.6 Å². The molecule has 2 aromatic carbocycles. The van der Waals surface area contributed by atoms with Gasteiger partial charge in [-0.05, 0) is 93.0 Å². The normalized spacial score (nSPS) is 25.9. The molecular formula is C28H31FN2O4S. The van der Waals surface area contributed by atoms with Gasteiger partial charge in [0.05, 0.1) is 11.3 Å². The van der Waals surface area contributed by atoms with Crippen molar-refractivity contribution in [3.05, 3.63) is 59.4 Å². The number of ether oxygens (including phenoxy) is 1. The Hall–Kier alpha value is -2.87. The quantitative estimate of drug-likeness (QED) is 0.381. The summed E-state index contributed by atoms with van der Waals surface area (Å²) >= 11 is 1.30. The minimum absolute atomic E-state index is 0.00479. The van der Waals surface area contributed by atoms with E-state index in [1.54, 1.807) is 43.3 Å². The van der Waals surface area contributed by atoms with E-state index in [0.29, 0.717) is 21.7 Å². The second-order valence-electron chi connectivity index (χ2n) is 10.6. The van der Waals surface area contributed by atoms with Crippen molar-refractivity contribution in [2.45, 2.75) is 55.9 Å². The lowest BCUT2D eigenvalue weighted by Crippen LogP contribution is -2.60. The molecule has 0 atom stereocenters. The first-order chi connectivity index (χ1) is 17.3. The molecule has 4 aliphatic carbocycles. The van der Waals surface area contributed by atoms with Crippen LogP contribution in [0.4, 0.5) is 10.1 Å². The summed E-state index contributed by atoms with van der Waals surface area (Å²) in [7, 11) is 0. The van der Waals surface area contributed by atoms with Crippen molar-refractivity contribution >= 4 is 35.2 Å². The molecule has 36 heavy (non-hydrogen) atoms. The number of thioether (sulfide) groups is 1. The number of esters is 1. The predicted molar refractivity (Wildman–Crippen MR) is 136 cm³/mol. The standard InChI is InChI=1S/C28H31FN2O4S/c1-17-6-7-21(11-23(17)29)30-25(32)15-35-27(34)22-4-2-3-5-24(22)36-16-26(33)31-28-12-18-8-19(13-28)10-20(9-18)14-28/h2-7,11,18-20H,8-10,12-16H2,1H3,(H,30,32)(H,31,33). The lowest BCUT2D eigenvalue weighted by Gasteiger charge is -2.56. The van der Waals surface area contributed by atoms with E-state index in [1.807, 2.05) is 0 Å². The van der Waals surface area contributed by atoms with Crippen LogP contribution in [0.25, 0.3) is 0 Å². The zero-order chi connectivity index (χ0) is 25.3. The Morgan fingerprint density at radius 2 is 1.67 bits per heavy atom. The summed E-state index contributed by atoms with van der Waals surface area (Å²) in [5.74, 6) is 0.825. The van der Waals surface area contributed by atoms with Gasteiger partial charge in [-0.2, -0.15) is 0 Å². The molecule has 4 bridgehead atoms. The van der Waals surface area contributed by atoms with E-state index in [4.69, 9.17) is 4.74 Å². The number of nitrogens with one attached hydrogen (secondary N) is 2. The average molecular weight is 511 g/mol. The number of benzene rings is 2. The summed E-state index contributed by atoms with van der Waals surface area (Å²) in [6.45, 7) is 1.13. The van der Waals surface area contributed by atoms with Gasteiger partial charge in [0.25, 0.3) is 5.91 Å². The first-order valence-corrected chi connectivity index (χ1v) is 13.5. The van der Waals surface area contributed by atoms with E-state index in [0.717, 1.165) is 37.0 Å². The molecule has 0 unspecified atom stereocenters. The minimum Gasteiger partial charge on any atom is -0.452 e. The minimum atomic E-state index is -0.648.